The van der Waals surface area contributed by atoms with Gasteiger partial charge in [0.15, 0.2) is 0 Å². The Morgan fingerprint density at radius 3 is 2.67 bits per heavy atom. The number of amides is 2. The molecule has 0 radical (unpaired) electrons. The molecule has 2 N–H and O–H groups in total. The number of anilines is 1. The highest BCUT2D eigenvalue weighted by Crippen LogP contribution is 2.13. The number of likely N-dealkylation sites (N-methyl/N-ethyl adjacent to an activating group) is 1. The number of carbonyl (C=O) groups excluding carboxylic acids is 1. The highest BCUT2D eigenvalue weighted by molar-refractivity contribution is 5.89. The molecule has 0 heterocycles. The van der Waals surface area contributed by atoms with Crippen LogP contribution in [0.1, 0.15) is 33.3 Å². The smallest absolute Gasteiger partial charge is 0.321 e. The zero-order chi connectivity index (χ0) is 15.9. The zero-order valence-corrected chi connectivity index (χ0v) is 13.3. The fourth-order valence-corrected chi connectivity index (χ4v) is 1.96. The number of benzene rings is 1. The molecule has 0 saturated carbocycles. The zero-order valence-electron chi connectivity index (χ0n) is 13.3. The average molecular weight is 294 g/mol. The summed E-state index contributed by atoms with van der Waals surface area (Å²) in [5.41, 5.74) is 0.830. The second kappa shape index (κ2) is 8.00. The lowest BCUT2D eigenvalue weighted by molar-refractivity contribution is 0.0501. The number of nitrogens with zero attached hydrogens (tertiary/aromatic N) is 1. The van der Waals surface area contributed by atoms with E-state index in [1.54, 1.807) is 18.7 Å². The van der Waals surface area contributed by atoms with Crippen molar-refractivity contribution in [3.8, 4) is 0 Å². The molecule has 2 amide bonds. The van der Waals surface area contributed by atoms with Crippen LogP contribution < -0.4 is 5.32 Å². The summed E-state index contributed by atoms with van der Waals surface area (Å²) in [6.45, 7) is 9.21. The summed E-state index contributed by atoms with van der Waals surface area (Å²) in [5, 5.41) is 12.7. The molecule has 21 heavy (non-hydrogen) atoms. The number of hydrogen-bond donors (Lipinski definition) is 2. The van der Waals surface area contributed by atoms with Gasteiger partial charge in [-0.25, -0.2) is 4.79 Å². The molecule has 0 saturated heterocycles. The van der Waals surface area contributed by atoms with Gasteiger partial charge in [0.05, 0.1) is 18.8 Å². The van der Waals surface area contributed by atoms with Crippen LogP contribution in [0.4, 0.5) is 10.5 Å². The summed E-state index contributed by atoms with van der Waals surface area (Å²) in [4.78, 5) is 13.8. The van der Waals surface area contributed by atoms with Gasteiger partial charge >= 0.3 is 6.03 Å². The molecule has 5 nitrogen and oxygen atoms in total. The molecule has 0 bridgehead atoms. The van der Waals surface area contributed by atoms with Gasteiger partial charge < -0.3 is 20.1 Å². The van der Waals surface area contributed by atoms with Crippen molar-refractivity contribution in [2.24, 2.45) is 0 Å². The minimum atomic E-state index is -0.913. The Balaban J connectivity index is 2.68. The van der Waals surface area contributed by atoms with Gasteiger partial charge in [0.25, 0.3) is 0 Å². The molecule has 5 heteroatoms. The third kappa shape index (κ3) is 6.60. The fraction of sp³-hybridized carbons (Fsp3) is 0.562. The summed E-state index contributed by atoms with van der Waals surface area (Å²) in [6, 6.07) is 7.36. The highest BCUT2D eigenvalue weighted by atomic mass is 16.5. The summed E-state index contributed by atoms with van der Waals surface area (Å²) >= 11 is 0. The summed E-state index contributed by atoms with van der Waals surface area (Å²) in [7, 11) is 0. The maximum atomic E-state index is 12.2. The molecule has 1 aromatic carbocycles. The van der Waals surface area contributed by atoms with Gasteiger partial charge in [-0.15, -0.1) is 0 Å². The van der Waals surface area contributed by atoms with E-state index in [1.807, 2.05) is 38.1 Å². The monoisotopic (exact) mass is 294 g/mol. The van der Waals surface area contributed by atoms with Gasteiger partial charge in [-0.05, 0) is 45.4 Å². The minimum absolute atomic E-state index is 0.215. The van der Waals surface area contributed by atoms with Crippen LogP contribution in [-0.4, -0.2) is 41.3 Å². The molecule has 0 aliphatic rings. The van der Waals surface area contributed by atoms with Crippen molar-refractivity contribution < 1.29 is 14.6 Å². The number of aliphatic hydroxyl groups is 1. The van der Waals surface area contributed by atoms with Gasteiger partial charge in [0.1, 0.15) is 0 Å². The molecular formula is C16H26N2O3. The van der Waals surface area contributed by atoms with E-state index in [9.17, 15) is 9.90 Å². The molecule has 0 aliphatic heterocycles. The molecule has 0 spiro atoms. The van der Waals surface area contributed by atoms with Crippen molar-refractivity contribution in [2.75, 3.05) is 25.0 Å². The van der Waals surface area contributed by atoms with Gasteiger partial charge in [0, 0.05) is 18.8 Å². The van der Waals surface area contributed by atoms with Crippen molar-refractivity contribution in [2.45, 2.75) is 39.9 Å². The van der Waals surface area contributed by atoms with E-state index in [2.05, 4.69) is 5.32 Å². The lowest BCUT2D eigenvalue weighted by Crippen LogP contribution is -2.44. The Kier molecular flexibility index (Phi) is 6.65. The number of urea groups is 1. The van der Waals surface area contributed by atoms with Crippen molar-refractivity contribution in [1.82, 2.24) is 4.90 Å². The Morgan fingerprint density at radius 1 is 1.38 bits per heavy atom. The lowest BCUT2D eigenvalue weighted by atomic mass is 10.1. The molecule has 0 aliphatic carbocycles. The normalized spacial score (nSPS) is 11.3. The third-order valence-corrected chi connectivity index (χ3v) is 2.90. The van der Waals surface area contributed by atoms with Crippen molar-refractivity contribution in [3.63, 3.8) is 0 Å². The number of rotatable bonds is 7. The van der Waals surface area contributed by atoms with E-state index < -0.39 is 5.60 Å². The largest absolute Gasteiger partial charge is 0.389 e. The Labute approximate surface area is 126 Å². The molecular weight excluding hydrogens is 268 g/mol. The third-order valence-electron chi connectivity index (χ3n) is 2.90. The number of nitrogens with one attached hydrogen (secondary N) is 1. The first kappa shape index (κ1) is 17.5. The standard InChI is InChI=1S/C16H26N2O3/c1-5-18(12-16(3,4)20)15(19)17-14-9-7-8-13(10-14)11-21-6-2/h7-10,20H,5-6,11-12H2,1-4H3,(H,17,19). The van der Waals surface area contributed by atoms with E-state index in [0.717, 1.165) is 11.3 Å². The van der Waals surface area contributed by atoms with Crippen molar-refractivity contribution in [3.05, 3.63) is 29.8 Å². The molecule has 0 atom stereocenters. The SMILES string of the molecule is CCOCc1cccc(NC(=O)N(CC)CC(C)(C)O)c1. The van der Waals surface area contributed by atoms with Crippen LogP contribution in [0, 0.1) is 0 Å². The Bertz CT molecular complexity index is 455. The first-order valence-corrected chi connectivity index (χ1v) is 7.30. The average Bonchev–Trinajstić information content (AvgIpc) is 2.42. The summed E-state index contributed by atoms with van der Waals surface area (Å²) in [5.74, 6) is 0. The van der Waals surface area contributed by atoms with Crippen molar-refractivity contribution >= 4 is 11.7 Å². The molecule has 0 aromatic heterocycles. The Morgan fingerprint density at radius 2 is 2.10 bits per heavy atom. The molecule has 1 aromatic rings. The van der Waals surface area contributed by atoms with E-state index in [-0.39, 0.29) is 12.6 Å². The first-order valence-electron chi connectivity index (χ1n) is 7.30. The molecule has 1 rings (SSSR count). The quantitative estimate of drug-likeness (QED) is 0.813. The van der Waals surface area contributed by atoms with Crippen LogP contribution in [0.3, 0.4) is 0 Å². The second-order valence-corrected chi connectivity index (χ2v) is 5.59. The summed E-state index contributed by atoms with van der Waals surface area (Å²) < 4.78 is 5.36. The molecule has 0 fully saturated rings. The number of ether oxygens (including phenoxy) is 1. The fourth-order valence-electron chi connectivity index (χ4n) is 1.96. The second-order valence-electron chi connectivity index (χ2n) is 5.59. The van der Waals surface area contributed by atoms with E-state index >= 15 is 0 Å². The van der Waals surface area contributed by atoms with Crippen LogP contribution in [-0.2, 0) is 11.3 Å². The predicted molar refractivity (Wildman–Crippen MR) is 84.3 cm³/mol. The van der Waals surface area contributed by atoms with Crippen LogP contribution in [0.15, 0.2) is 24.3 Å². The maximum absolute atomic E-state index is 12.2. The maximum Gasteiger partial charge on any atom is 0.321 e. The van der Waals surface area contributed by atoms with Gasteiger partial charge in [-0.1, -0.05) is 12.1 Å². The Hall–Kier alpha value is -1.59. The number of carbonyl (C=O) groups is 1. The van der Waals surface area contributed by atoms with Crippen LogP contribution in [0.25, 0.3) is 0 Å². The first-order chi connectivity index (χ1) is 9.85. The minimum Gasteiger partial charge on any atom is -0.389 e. The molecule has 118 valence electrons. The van der Waals surface area contributed by atoms with E-state index in [4.69, 9.17) is 4.74 Å². The lowest BCUT2D eigenvalue weighted by Gasteiger charge is -2.28. The van der Waals surface area contributed by atoms with Crippen molar-refractivity contribution in [1.29, 1.82) is 0 Å². The molecule has 0 unspecified atom stereocenters. The highest BCUT2D eigenvalue weighted by Gasteiger charge is 2.21. The van der Waals surface area contributed by atoms with Gasteiger partial charge in [-0.2, -0.15) is 0 Å². The van der Waals surface area contributed by atoms with E-state index in [1.165, 1.54) is 0 Å². The van der Waals surface area contributed by atoms with Crippen LogP contribution in [0.2, 0.25) is 0 Å². The topological polar surface area (TPSA) is 61.8 Å². The van der Waals surface area contributed by atoms with Gasteiger partial charge in [0.2, 0.25) is 0 Å². The van der Waals surface area contributed by atoms with Crippen LogP contribution >= 0.6 is 0 Å². The summed E-state index contributed by atoms with van der Waals surface area (Å²) in [6.07, 6.45) is 0. The number of hydrogen-bond acceptors (Lipinski definition) is 3. The van der Waals surface area contributed by atoms with E-state index in [0.29, 0.717) is 19.8 Å². The predicted octanol–water partition coefficient (Wildman–Crippen LogP) is 2.85. The van der Waals surface area contributed by atoms with Crippen LogP contribution in [0.5, 0.6) is 0 Å². The van der Waals surface area contributed by atoms with Gasteiger partial charge in [-0.3, -0.25) is 0 Å².